The summed E-state index contributed by atoms with van der Waals surface area (Å²) in [7, 11) is 0. The minimum Gasteiger partial charge on any atom is -0.459 e. The molecule has 0 radical (unpaired) electrons. The summed E-state index contributed by atoms with van der Waals surface area (Å²) in [6.07, 6.45) is 1.80. The summed E-state index contributed by atoms with van der Waals surface area (Å²) in [4.78, 5) is 9.10. The van der Waals surface area contributed by atoms with E-state index in [9.17, 15) is 0 Å². The fourth-order valence-corrected chi connectivity index (χ4v) is 5.51. The van der Waals surface area contributed by atoms with Crippen LogP contribution < -0.4 is 15.1 Å². The molecule has 4 heterocycles. The lowest BCUT2D eigenvalue weighted by Crippen LogP contribution is -2.36. The van der Waals surface area contributed by atoms with Crippen LogP contribution in [0.2, 0.25) is 5.02 Å². The lowest BCUT2D eigenvalue weighted by atomic mass is 10.0. The van der Waals surface area contributed by atoms with Crippen LogP contribution in [0, 0.1) is 6.92 Å². The second-order valence-electron chi connectivity index (χ2n) is 9.28. The van der Waals surface area contributed by atoms with Gasteiger partial charge in [0.25, 0.3) is 0 Å². The zero-order chi connectivity index (χ0) is 25.4. The number of anilines is 2. The number of hydrogen-bond donors (Lipinski definition) is 1. The fraction of sp³-hybridized carbons (Fsp3) is 0.241. The van der Waals surface area contributed by atoms with Crippen molar-refractivity contribution in [2.24, 2.45) is 0 Å². The van der Waals surface area contributed by atoms with Crippen LogP contribution in [-0.2, 0) is 4.74 Å². The Hall–Kier alpha value is -3.39. The van der Waals surface area contributed by atoms with Crippen molar-refractivity contribution in [1.29, 1.82) is 0 Å². The van der Waals surface area contributed by atoms with E-state index in [1.165, 1.54) is 5.69 Å². The molecule has 2 fully saturated rings. The molecule has 0 bridgehead atoms. The average molecular weight is 531 g/mol. The molecule has 0 unspecified atom stereocenters. The summed E-state index contributed by atoms with van der Waals surface area (Å²) in [6, 6.07) is 24.1. The van der Waals surface area contributed by atoms with Crippen LogP contribution >= 0.6 is 23.8 Å². The number of hydrogen-bond acceptors (Lipinski definition) is 5. The van der Waals surface area contributed by atoms with Crippen LogP contribution in [0.25, 0.3) is 11.3 Å². The Labute approximate surface area is 226 Å². The summed E-state index contributed by atoms with van der Waals surface area (Å²) in [5, 5.41) is 4.85. The highest BCUT2D eigenvalue weighted by molar-refractivity contribution is 7.80. The summed E-state index contributed by atoms with van der Waals surface area (Å²) in [6.45, 7) is 5.28. The van der Waals surface area contributed by atoms with E-state index in [-0.39, 0.29) is 12.1 Å². The molecule has 6 nitrogen and oxygen atoms in total. The number of halogens is 1. The highest BCUT2D eigenvalue weighted by atomic mass is 35.5. The molecular formula is C29H27ClN4O2S. The van der Waals surface area contributed by atoms with E-state index in [1.807, 2.05) is 55.5 Å². The molecule has 8 heteroatoms. The summed E-state index contributed by atoms with van der Waals surface area (Å²) in [5.41, 5.74) is 5.04. The summed E-state index contributed by atoms with van der Waals surface area (Å²) >= 11 is 12.3. The van der Waals surface area contributed by atoms with E-state index >= 15 is 0 Å². The van der Waals surface area contributed by atoms with Crippen LogP contribution in [0.1, 0.15) is 29.1 Å². The molecule has 0 amide bonds. The molecule has 0 saturated carbocycles. The molecule has 37 heavy (non-hydrogen) atoms. The Morgan fingerprint density at radius 3 is 2.49 bits per heavy atom. The van der Waals surface area contributed by atoms with Gasteiger partial charge < -0.3 is 24.3 Å². The molecule has 2 aliphatic heterocycles. The molecule has 2 aromatic carbocycles. The van der Waals surface area contributed by atoms with Gasteiger partial charge in [0, 0.05) is 41.2 Å². The first-order valence-corrected chi connectivity index (χ1v) is 13.2. The highest BCUT2D eigenvalue weighted by Gasteiger charge is 2.42. The molecule has 0 aliphatic carbocycles. The summed E-state index contributed by atoms with van der Waals surface area (Å²) in [5.74, 6) is 1.56. The van der Waals surface area contributed by atoms with Gasteiger partial charge >= 0.3 is 0 Å². The quantitative estimate of drug-likeness (QED) is 0.303. The molecule has 1 N–H and O–H groups in total. The van der Waals surface area contributed by atoms with Gasteiger partial charge in [-0.05, 0) is 79.3 Å². The van der Waals surface area contributed by atoms with Gasteiger partial charge in [0.1, 0.15) is 17.6 Å². The van der Waals surface area contributed by atoms with E-state index in [1.54, 1.807) is 6.20 Å². The topological polar surface area (TPSA) is 53.8 Å². The first kappa shape index (κ1) is 24.0. The third-order valence-electron chi connectivity index (χ3n) is 6.98. The van der Waals surface area contributed by atoms with Gasteiger partial charge in [-0.2, -0.15) is 0 Å². The molecule has 2 saturated heterocycles. The second-order valence-corrected chi connectivity index (χ2v) is 10.1. The lowest BCUT2D eigenvalue weighted by Gasteiger charge is -2.30. The molecule has 2 atom stereocenters. The number of thiocarbonyl (C=S) groups is 1. The first-order chi connectivity index (χ1) is 18.1. The van der Waals surface area contributed by atoms with Gasteiger partial charge in [-0.3, -0.25) is 4.98 Å². The van der Waals surface area contributed by atoms with Crippen molar-refractivity contribution in [2.75, 3.05) is 36.1 Å². The predicted octanol–water partition coefficient (Wildman–Crippen LogP) is 6.32. The molecule has 0 spiro atoms. The number of furan rings is 1. The zero-order valence-corrected chi connectivity index (χ0v) is 22.0. The Balaban J connectivity index is 1.37. The number of nitrogens with one attached hydrogen (secondary N) is 1. The monoisotopic (exact) mass is 530 g/mol. The molecule has 6 rings (SSSR count). The number of aromatic nitrogens is 1. The summed E-state index contributed by atoms with van der Waals surface area (Å²) < 4.78 is 12.0. The number of benzene rings is 2. The molecule has 188 valence electrons. The number of ether oxygens (including phenoxy) is 1. The number of nitrogens with zero attached hydrogens (tertiary/aromatic N) is 3. The van der Waals surface area contributed by atoms with E-state index in [0.717, 1.165) is 60.3 Å². The van der Waals surface area contributed by atoms with Gasteiger partial charge in [0.15, 0.2) is 5.11 Å². The van der Waals surface area contributed by atoms with Gasteiger partial charge in [-0.15, -0.1) is 0 Å². The van der Waals surface area contributed by atoms with Gasteiger partial charge in [0.05, 0.1) is 24.9 Å². The Kier molecular flexibility index (Phi) is 6.59. The zero-order valence-electron chi connectivity index (χ0n) is 20.4. The van der Waals surface area contributed by atoms with Crippen LogP contribution in [0.15, 0.2) is 83.4 Å². The van der Waals surface area contributed by atoms with Crippen molar-refractivity contribution >= 4 is 40.3 Å². The number of rotatable bonds is 5. The molecule has 4 aromatic rings. The van der Waals surface area contributed by atoms with Crippen molar-refractivity contribution in [3.63, 3.8) is 0 Å². The van der Waals surface area contributed by atoms with Gasteiger partial charge in [-0.25, -0.2) is 0 Å². The van der Waals surface area contributed by atoms with Crippen molar-refractivity contribution in [3.8, 4) is 11.3 Å². The average Bonchev–Trinajstić information content (AvgIpc) is 3.56. The maximum absolute atomic E-state index is 6.47. The molecule has 2 aromatic heterocycles. The van der Waals surface area contributed by atoms with E-state index in [2.05, 4.69) is 44.4 Å². The Morgan fingerprint density at radius 2 is 1.76 bits per heavy atom. The predicted molar refractivity (Wildman–Crippen MR) is 151 cm³/mol. The standard InChI is InChI=1S/C29H27ClN4O2S/c1-19-5-6-20(18-23(19)30)25-11-12-26(36-25)28-27(24-4-2-3-13-31-24)32-29(37)34(28)22-9-7-21(8-10-22)33-14-16-35-17-15-33/h2-13,18,27-28H,14-17H2,1H3,(H,32,37)/t27-,28-/m1/s1. The van der Waals surface area contributed by atoms with Crippen LogP contribution in [-0.4, -0.2) is 36.4 Å². The lowest BCUT2D eigenvalue weighted by molar-refractivity contribution is 0.122. The van der Waals surface area contributed by atoms with E-state index in [4.69, 9.17) is 33.0 Å². The smallest absolute Gasteiger partial charge is 0.174 e. The van der Waals surface area contributed by atoms with E-state index in [0.29, 0.717) is 10.1 Å². The molecule has 2 aliphatic rings. The third kappa shape index (κ3) is 4.70. The Bertz CT molecular complexity index is 1400. The van der Waals surface area contributed by atoms with Gasteiger partial charge in [0.2, 0.25) is 0 Å². The highest BCUT2D eigenvalue weighted by Crippen LogP contribution is 2.43. The SMILES string of the molecule is Cc1ccc(-c2ccc([C@@H]3[C@@H](c4ccccn4)NC(=S)N3c3ccc(N4CCOCC4)cc3)o2)cc1Cl. The third-order valence-corrected chi connectivity index (χ3v) is 7.70. The largest absolute Gasteiger partial charge is 0.459 e. The maximum atomic E-state index is 6.47. The minimum atomic E-state index is -0.216. The number of aryl methyl sites for hydroxylation is 1. The molecular weight excluding hydrogens is 504 g/mol. The van der Waals surface area contributed by atoms with E-state index < -0.39 is 0 Å². The van der Waals surface area contributed by atoms with Crippen molar-refractivity contribution in [1.82, 2.24) is 10.3 Å². The van der Waals surface area contributed by atoms with Crippen LogP contribution in [0.3, 0.4) is 0 Å². The van der Waals surface area contributed by atoms with Crippen LogP contribution in [0.5, 0.6) is 0 Å². The van der Waals surface area contributed by atoms with Gasteiger partial charge in [-0.1, -0.05) is 29.8 Å². The minimum absolute atomic E-state index is 0.173. The first-order valence-electron chi connectivity index (χ1n) is 12.4. The fourth-order valence-electron chi connectivity index (χ4n) is 4.98. The van der Waals surface area contributed by atoms with Crippen molar-refractivity contribution < 1.29 is 9.15 Å². The number of pyridine rings is 1. The number of morpholine rings is 1. The maximum Gasteiger partial charge on any atom is 0.174 e. The van der Waals surface area contributed by atoms with Crippen molar-refractivity contribution in [3.05, 3.63) is 101 Å². The normalized spacial score (nSPS) is 19.8. The second kappa shape index (κ2) is 10.2. The van der Waals surface area contributed by atoms with Crippen LogP contribution in [0.4, 0.5) is 11.4 Å². The Morgan fingerprint density at radius 1 is 0.973 bits per heavy atom. The van der Waals surface area contributed by atoms with Crippen molar-refractivity contribution in [2.45, 2.75) is 19.0 Å².